The molecule has 3 nitrogen and oxygen atoms in total. The molecule has 76 valence electrons. The third kappa shape index (κ3) is 2.45. The first-order chi connectivity index (χ1) is 6.41. The number of hydrogen-bond donors (Lipinski definition) is 1. The van der Waals surface area contributed by atoms with Gasteiger partial charge in [-0.2, -0.15) is 13.2 Å². The van der Waals surface area contributed by atoms with E-state index in [2.05, 4.69) is 4.98 Å². The van der Waals surface area contributed by atoms with Crippen molar-refractivity contribution >= 4 is 11.5 Å². The minimum atomic E-state index is -4.82. The van der Waals surface area contributed by atoms with Crippen molar-refractivity contribution in [2.75, 3.05) is 5.73 Å². The lowest BCUT2D eigenvalue weighted by molar-refractivity contribution is -0.170. The molecule has 0 amide bonds. The smallest absolute Gasteiger partial charge is 0.398 e. The molecule has 14 heavy (non-hydrogen) atoms. The van der Waals surface area contributed by atoms with Crippen LogP contribution in [0, 0.1) is 0 Å². The van der Waals surface area contributed by atoms with Crippen LogP contribution in [0.5, 0.6) is 0 Å². The van der Waals surface area contributed by atoms with Gasteiger partial charge in [-0.15, -0.1) is 0 Å². The Bertz CT molecular complexity index is 349. The number of Topliss-reactive ketones (excluding diaryl/α,β-unsaturated/α-hetero) is 1. The molecule has 6 heteroatoms. The lowest BCUT2D eigenvalue weighted by Crippen LogP contribution is -2.24. The Labute approximate surface area is 77.7 Å². The van der Waals surface area contributed by atoms with Gasteiger partial charge in [0.15, 0.2) is 0 Å². The van der Waals surface area contributed by atoms with E-state index in [0.717, 1.165) is 6.20 Å². The van der Waals surface area contributed by atoms with Crippen molar-refractivity contribution in [1.29, 1.82) is 0 Å². The number of nitrogen functional groups attached to an aromatic ring is 1. The molecule has 0 saturated carbocycles. The van der Waals surface area contributed by atoms with Crippen LogP contribution >= 0.6 is 0 Å². The van der Waals surface area contributed by atoms with Crippen LogP contribution in [0.4, 0.5) is 18.9 Å². The maximum Gasteiger partial charge on any atom is 0.450 e. The van der Waals surface area contributed by atoms with Crippen molar-refractivity contribution < 1.29 is 18.0 Å². The van der Waals surface area contributed by atoms with Gasteiger partial charge in [0.25, 0.3) is 0 Å². The fourth-order valence-corrected chi connectivity index (χ4v) is 0.859. The monoisotopic (exact) mass is 204 g/mol. The largest absolute Gasteiger partial charge is 0.450 e. The van der Waals surface area contributed by atoms with Crippen LogP contribution in [-0.2, 0) is 11.2 Å². The number of hydrogen-bond acceptors (Lipinski definition) is 3. The van der Waals surface area contributed by atoms with Gasteiger partial charge in [-0.05, 0) is 6.07 Å². The Morgan fingerprint density at radius 1 is 1.50 bits per heavy atom. The standard InChI is InChI=1S/C8H7F3N2O/c9-8(10,11)7(14)3-5-4-13-2-1-6(5)12/h1-2,4H,3H2,(H2,12,13). The summed E-state index contributed by atoms with van der Waals surface area (Å²) in [5, 5.41) is 0. The van der Waals surface area contributed by atoms with Gasteiger partial charge in [-0.25, -0.2) is 0 Å². The maximum absolute atomic E-state index is 11.9. The third-order valence-electron chi connectivity index (χ3n) is 1.61. The summed E-state index contributed by atoms with van der Waals surface area (Å²) < 4.78 is 35.6. The predicted molar refractivity (Wildman–Crippen MR) is 43.4 cm³/mol. The van der Waals surface area contributed by atoms with E-state index in [1.807, 2.05) is 0 Å². The number of rotatable bonds is 2. The molecule has 0 aliphatic rings. The highest BCUT2D eigenvalue weighted by atomic mass is 19.4. The number of pyridine rings is 1. The molecule has 2 N–H and O–H groups in total. The summed E-state index contributed by atoms with van der Waals surface area (Å²) in [5.74, 6) is -1.82. The molecule has 0 fully saturated rings. The number of nitrogens with two attached hydrogens (primary N) is 1. The Kier molecular flexibility index (Phi) is 2.73. The third-order valence-corrected chi connectivity index (χ3v) is 1.61. The van der Waals surface area contributed by atoms with Gasteiger partial charge in [0.05, 0.1) is 0 Å². The van der Waals surface area contributed by atoms with Gasteiger partial charge < -0.3 is 5.73 Å². The van der Waals surface area contributed by atoms with Crippen molar-refractivity contribution in [3.8, 4) is 0 Å². The van der Waals surface area contributed by atoms with Crippen molar-refractivity contribution in [3.63, 3.8) is 0 Å². The molecule has 1 rings (SSSR count). The topological polar surface area (TPSA) is 56.0 Å². The zero-order valence-corrected chi connectivity index (χ0v) is 7.01. The van der Waals surface area contributed by atoms with E-state index in [1.165, 1.54) is 12.3 Å². The van der Waals surface area contributed by atoms with E-state index in [1.54, 1.807) is 0 Å². The van der Waals surface area contributed by atoms with E-state index >= 15 is 0 Å². The van der Waals surface area contributed by atoms with E-state index in [4.69, 9.17) is 5.73 Å². The maximum atomic E-state index is 11.9. The lowest BCUT2D eigenvalue weighted by atomic mass is 10.1. The van der Waals surface area contributed by atoms with Gasteiger partial charge in [-0.3, -0.25) is 9.78 Å². The average molecular weight is 204 g/mol. The molecule has 0 atom stereocenters. The molecule has 0 spiro atoms. The molecule has 0 aromatic carbocycles. The lowest BCUT2D eigenvalue weighted by Gasteiger charge is -2.06. The zero-order valence-electron chi connectivity index (χ0n) is 7.01. The Morgan fingerprint density at radius 2 is 2.14 bits per heavy atom. The number of nitrogens with zero attached hydrogens (tertiary/aromatic N) is 1. The second-order valence-corrected chi connectivity index (χ2v) is 2.67. The fourth-order valence-electron chi connectivity index (χ4n) is 0.859. The number of carbonyl (C=O) groups is 1. The molecule has 1 aromatic heterocycles. The molecule has 0 bridgehead atoms. The summed E-state index contributed by atoms with van der Waals surface area (Å²) in [5.41, 5.74) is 5.58. The minimum absolute atomic E-state index is 0.0924. The van der Waals surface area contributed by atoms with E-state index < -0.39 is 18.4 Å². The van der Waals surface area contributed by atoms with Crippen LogP contribution < -0.4 is 5.73 Å². The predicted octanol–water partition coefficient (Wildman–Crippen LogP) is 1.34. The number of ketones is 1. The summed E-state index contributed by atoms with van der Waals surface area (Å²) in [4.78, 5) is 14.2. The summed E-state index contributed by atoms with van der Waals surface area (Å²) >= 11 is 0. The van der Waals surface area contributed by atoms with Crippen molar-refractivity contribution in [1.82, 2.24) is 4.98 Å². The molecule has 0 radical (unpaired) electrons. The van der Waals surface area contributed by atoms with E-state index in [0.29, 0.717) is 0 Å². The second kappa shape index (κ2) is 3.65. The van der Waals surface area contributed by atoms with Gasteiger partial charge in [0, 0.05) is 30.1 Å². The average Bonchev–Trinajstić information content (AvgIpc) is 2.07. The van der Waals surface area contributed by atoms with Crippen molar-refractivity contribution in [3.05, 3.63) is 24.0 Å². The van der Waals surface area contributed by atoms with Crippen LogP contribution in [0.2, 0.25) is 0 Å². The molecule has 0 unspecified atom stereocenters. The SMILES string of the molecule is Nc1ccncc1CC(=O)C(F)(F)F. The zero-order chi connectivity index (χ0) is 10.8. The van der Waals surface area contributed by atoms with Crippen molar-refractivity contribution in [2.24, 2.45) is 0 Å². The van der Waals surface area contributed by atoms with Gasteiger partial charge >= 0.3 is 6.18 Å². The number of alkyl halides is 3. The second-order valence-electron chi connectivity index (χ2n) is 2.67. The molecular formula is C8H7F3N2O. The number of anilines is 1. The van der Waals surface area contributed by atoms with Crippen molar-refractivity contribution in [2.45, 2.75) is 12.6 Å². The first-order valence-electron chi connectivity index (χ1n) is 3.69. The van der Waals surface area contributed by atoms with Gasteiger partial charge in [0.2, 0.25) is 5.78 Å². The van der Waals surface area contributed by atoms with E-state index in [-0.39, 0.29) is 11.3 Å². The summed E-state index contributed by atoms with van der Waals surface area (Å²) in [6, 6.07) is 1.35. The molecule has 0 saturated heterocycles. The summed E-state index contributed by atoms with van der Waals surface area (Å²) in [7, 11) is 0. The number of carbonyl (C=O) groups excluding carboxylic acids is 1. The molecule has 1 aromatic rings. The highest BCUT2D eigenvalue weighted by Crippen LogP contribution is 2.20. The summed E-state index contributed by atoms with van der Waals surface area (Å²) in [6.07, 6.45) is -3.08. The van der Waals surface area contributed by atoms with Crippen LogP contribution in [0.3, 0.4) is 0 Å². The van der Waals surface area contributed by atoms with Crippen LogP contribution in [0.25, 0.3) is 0 Å². The summed E-state index contributed by atoms with van der Waals surface area (Å²) in [6.45, 7) is 0. The Morgan fingerprint density at radius 3 is 2.64 bits per heavy atom. The van der Waals surface area contributed by atoms with Gasteiger partial charge in [-0.1, -0.05) is 0 Å². The highest BCUT2D eigenvalue weighted by molar-refractivity contribution is 5.87. The molecular weight excluding hydrogens is 197 g/mol. The first kappa shape index (κ1) is 10.5. The van der Waals surface area contributed by atoms with Crippen LogP contribution in [0.1, 0.15) is 5.56 Å². The molecule has 0 aliphatic heterocycles. The minimum Gasteiger partial charge on any atom is -0.398 e. The molecule has 0 aliphatic carbocycles. The van der Waals surface area contributed by atoms with E-state index in [9.17, 15) is 18.0 Å². The molecule has 1 heterocycles. The first-order valence-corrected chi connectivity index (χ1v) is 3.69. The van der Waals surface area contributed by atoms with Gasteiger partial charge in [0.1, 0.15) is 0 Å². The van der Waals surface area contributed by atoms with Crippen LogP contribution in [-0.4, -0.2) is 16.9 Å². The quantitative estimate of drug-likeness (QED) is 0.790. The highest BCUT2D eigenvalue weighted by Gasteiger charge is 2.37. The number of aromatic nitrogens is 1. The number of halogens is 3. The normalized spacial score (nSPS) is 11.4. The van der Waals surface area contributed by atoms with Crippen LogP contribution in [0.15, 0.2) is 18.5 Å². The fraction of sp³-hybridized carbons (Fsp3) is 0.250. The Balaban J connectivity index is 2.80. The Hall–Kier alpha value is -1.59.